The molecule has 2 rings (SSSR count). The quantitative estimate of drug-likeness (QED) is 0.471. The van der Waals surface area contributed by atoms with Crippen LogP contribution in [0.4, 0.5) is 4.79 Å². The van der Waals surface area contributed by atoms with Gasteiger partial charge in [-0.15, -0.1) is 0 Å². The van der Waals surface area contributed by atoms with Crippen LogP contribution >= 0.6 is 0 Å². The van der Waals surface area contributed by atoms with Crippen molar-refractivity contribution in [3.05, 3.63) is 47.2 Å². The maximum absolute atomic E-state index is 13.4. The number of rotatable bonds is 5. The molecule has 1 unspecified atom stereocenters. The lowest BCUT2D eigenvalue weighted by molar-refractivity contribution is -0.120. The first-order chi connectivity index (χ1) is 19.4. The summed E-state index contributed by atoms with van der Waals surface area (Å²) in [6, 6.07) is 0. The summed E-state index contributed by atoms with van der Waals surface area (Å²) in [6.07, 6.45) is 4.29. The molecule has 2 amide bonds. The molecule has 1 heterocycles. The third kappa shape index (κ3) is 8.93. The number of methoxy groups -OCH3 is 4. The molecule has 1 aliphatic heterocycles. The molecule has 0 aromatic carbocycles. The Kier molecular flexibility index (Phi) is 13.1. The third-order valence-electron chi connectivity index (χ3n) is 7.68. The van der Waals surface area contributed by atoms with Gasteiger partial charge in [-0.05, 0) is 43.6 Å². The highest BCUT2D eigenvalue weighted by Crippen LogP contribution is 2.31. The van der Waals surface area contributed by atoms with E-state index in [1.54, 1.807) is 33.3 Å². The first kappa shape index (κ1) is 34.1. The van der Waals surface area contributed by atoms with Crippen LogP contribution in [-0.4, -0.2) is 82.5 Å². The molecule has 228 valence electrons. The van der Waals surface area contributed by atoms with Crippen LogP contribution in [0.25, 0.3) is 0 Å². The largest absolute Gasteiger partial charge is 0.443 e. The highest BCUT2D eigenvalue weighted by molar-refractivity contribution is 6.22. The molecule has 0 saturated heterocycles. The van der Waals surface area contributed by atoms with Crippen molar-refractivity contribution in [1.29, 1.82) is 0 Å². The second-order valence-electron chi connectivity index (χ2n) is 10.7. The Labute approximate surface area is 242 Å². The lowest BCUT2D eigenvalue weighted by Gasteiger charge is -2.36. The van der Waals surface area contributed by atoms with Gasteiger partial charge in [-0.1, -0.05) is 39.0 Å². The van der Waals surface area contributed by atoms with Gasteiger partial charge in [0.1, 0.15) is 12.2 Å². The molecule has 2 bridgehead atoms. The van der Waals surface area contributed by atoms with Crippen LogP contribution in [0.1, 0.15) is 40.5 Å². The Bertz CT molecular complexity index is 1090. The SMILES string of the molecule is CO[C@H]1[C@@H](OC)C[C@H](C)[C@@H](OC)C2=CC(=O)C=C(NC(=O)/C(C)=C/C=C\[C@H](OC)[C@@H](OC(N)=O)C(C)C[C@@H]1C)C2=O. The molecular weight excluding hydrogens is 532 g/mol. The molecule has 3 N–H and O–H groups in total. The maximum atomic E-state index is 13.4. The van der Waals surface area contributed by atoms with Gasteiger partial charge in [-0.25, -0.2) is 4.79 Å². The number of amides is 2. The predicted octanol–water partition coefficient (Wildman–Crippen LogP) is 2.79. The fourth-order valence-electron chi connectivity index (χ4n) is 5.62. The molecule has 0 radical (unpaired) electrons. The number of fused-ring (bicyclic) bond motifs is 2. The van der Waals surface area contributed by atoms with Gasteiger partial charge in [0.15, 0.2) is 5.78 Å². The van der Waals surface area contributed by atoms with Crippen LogP contribution in [0.15, 0.2) is 47.2 Å². The zero-order valence-electron chi connectivity index (χ0n) is 25.2. The second-order valence-corrected chi connectivity index (χ2v) is 10.7. The molecule has 11 nitrogen and oxygen atoms in total. The van der Waals surface area contributed by atoms with Gasteiger partial charge in [0.05, 0.1) is 24.0 Å². The first-order valence-electron chi connectivity index (χ1n) is 13.6. The normalized spacial score (nSPS) is 34.5. The van der Waals surface area contributed by atoms with Gasteiger partial charge in [0, 0.05) is 45.7 Å². The number of allylic oxidation sites excluding steroid dienone is 5. The monoisotopic (exact) mass is 576 g/mol. The Hall–Kier alpha value is -3.12. The number of hydrogen-bond donors (Lipinski definition) is 2. The number of nitrogens with one attached hydrogen (secondary N) is 1. The van der Waals surface area contributed by atoms with Gasteiger partial charge in [-0.2, -0.15) is 0 Å². The molecule has 11 heteroatoms. The average molecular weight is 577 g/mol. The Balaban J connectivity index is 2.59. The van der Waals surface area contributed by atoms with Crippen LogP contribution in [0.2, 0.25) is 0 Å². The topological polar surface area (TPSA) is 152 Å². The number of primary amides is 1. The van der Waals surface area contributed by atoms with E-state index in [1.165, 1.54) is 26.4 Å². The zero-order chi connectivity index (χ0) is 30.9. The van der Waals surface area contributed by atoms with E-state index in [4.69, 9.17) is 29.4 Å². The Morgan fingerprint density at radius 2 is 1.54 bits per heavy atom. The number of Topliss-reactive ketones (excluding diaryl/α,β-unsaturated/α-hetero) is 1. The van der Waals surface area contributed by atoms with Gasteiger partial charge in [0.2, 0.25) is 5.78 Å². The fraction of sp³-hybridized carbons (Fsp3) is 0.600. The summed E-state index contributed by atoms with van der Waals surface area (Å²) in [5.41, 5.74) is 5.69. The van der Waals surface area contributed by atoms with Crippen molar-refractivity contribution in [3.63, 3.8) is 0 Å². The summed E-state index contributed by atoms with van der Waals surface area (Å²) in [5, 5.41) is 2.55. The van der Waals surface area contributed by atoms with E-state index in [0.29, 0.717) is 12.8 Å². The van der Waals surface area contributed by atoms with E-state index in [1.807, 2.05) is 20.8 Å². The molecule has 41 heavy (non-hydrogen) atoms. The molecule has 1 aliphatic carbocycles. The van der Waals surface area contributed by atoms with E-state index in [-0.39, 0.29) is 40.7 Å². The summed E-state index contributed by atoms with van der Waals surface area (Å²) in [6.45, 7) is 7.41. The number of carbonyl (C=O) groups is 4. The number of nitrogens with two attached hydrogens (primary N) is 1. The average Bonchev–Trinajstić information content (AvgIpc) is 2.91. The molecule has 8 atom stereocenters. The molecule has 0 saturated carbocycles. The predicted molar refractivity (Wildman–Crippen MR) is 152 cm³/mol. The minimum absolute atomic E-state index is 0.0636. The summed E-state index contributed by atoms with van der Waals surface area (Å²) in [5.74, 6) is -2.04. The van der Waals surface area contributed by atoms with Crippen molar-refractivity contribution in [2.45, 2.75) is 71.1 Å². The van der Waals surface area contributed by atoms with Crippen LogP contribution in [0.3, 0.4) is 0 Å². The Morgan fingerprint density at radius 3 is 2.10 bits per heavy atom. The molecule has 0 fully saturated rings. The van der Waals surface area contributed by atoms with Crippen LogP contribution in [0, 0.1) is 17.8 Å². The van der Waals surface area contributed by atoms with Crippen molar-refractivity contribution in [2.75, 3.05) is 28.4 Å². The molecule has 0 spiro atoms. The van der Waals surface area contributed by atoms with Crippen LogP contribution < -0.4 is 11.1 Å². The van der Waals surface area contributed by atoms with Crippen LogP contribution in [0.5, 0.6) is 0 Å². The standard InChI is InChI=1S/C30H44N2O9/c1-16-10-9-11-23(37-5)28(41-30(31)36)18(3)12-17(2)27(40-8)24(38-6)13-19(4)26(39-7)21-14-20(33)15-22(25(21)34)32-29(16)35/h9-11,14-15,17-19,23-24,26-28H,12-13H2,1-8H3,(H2,31,36)(H,32,35)/b11-9-,16-10+/t17-,18?,19-,23-,24-,26+,27+,28-/m0/s1. The van der Waals surface area contributed by atoms with Crippen molar-refractivity contribution >= 4 is 23.6 Å². The summed E-state index contributed by atoms with van der Waals surface area (Å²) < 4.78 is 28.6. The summed E-state index contributed by atoms with van der Waals surface area (Å²) >= 11 is 0. The molecule has 0 aromatic heterocycles. The maximum Gasteiger partial charge on any atom is 0.404 e. The van der Waals surface area contributed by atoms with E-state index in [0.717, 1.165) is 6.08 Å². The van der Waals surface area contributed by atoms with E-state index < -0.39 is 48.0 Å². The van der Waals surface area contributed by atoms with Crippen molar-refractivity contribution in [3.8, 4) is 0 Å². The highest BCUT2D eigenvalue weighted by atomic mass is 16.6. The van der Waals surface area contributed by atoms with E-state index >= 15 is 0 Å². The molecular formula is C30H44N2O9. The smallest absolute Gasteiger partial charge is 0.404 e. The van der Waals surface area contributed by atoms with Crippen molar-refractivity contribution < 1.29 is 42.9 Å². The number of carbonyl (C=O) groups excluding carboxylic acids is 4. The third-order valence-corrected chi connectivity index (χ3v) is 7.68. The summed E-state index contributed by atoms with van der Waals surface area (Å²) in [4.78, 5) is 50.7. The Morgan fingerprint density at radius 1 is 0.878 bits per heavy atom. The van der Waals surface area contributed by atoms with Crippen molar-refractivity contribution in [2.24, 2.45) is 23.5 Å². The first-order valence-corrected chi connectivity index (χ1v) is 13.6. The lowest BCUT2D eigenvalue weighted by Crippen LogP contribution is -2.43. The second kappa shape index (κ2) is 15.8. The number of hydrogen-bond acceptors (Lipinski definition) is 9. The van der Waals surface area contributed by atoms with E-state index in [9.17, 15) is 19.2 Å². The molecule has 2 aliphatic rings. The minimum atomic E-state index is -0.931. The van der Waals surface area contributed by atoms with Crippen molar-refractivity contribution in [1.82, 2.24) is 5.32 Å². The van der Waals surface area contributed by atoms with Crippen LogP contribution in [-0.2, 0) is 38.1 Å². The van der Waals surface area contributed by atoms with E-state index in [2.05, 4.69) is 5.32 Å². The number of ketones is 2. The minimum Gasteiger partial charge on any atom is -0.443 e. The lowest BCUT2D eigenvalue weighted by atomic mass is 9.81. The van der Waals surface area contributed by atoms with Gasteiger partial charge in [-0.3, -0.25) is 14.4 Å². The summed E-state index contributed by atoms with van der Waals surface area (Å²) in [7, 11) is 6.14. The number of ether oxygens (including phenoxy) is 5. The van der Waals surface area contributed by atoms with Gasteiger partial charge in [0.25, 0.3) is 5.91 Å². The van der Waals surface area contributed by atoms with Gasteiger partial charge < -0.3 is 34.7 Å². The highest BCUT2D eigenvalue weighted by Gasteiger charge is 2.38. The molecule has 0 aromatic rings. The zero-order valence-corrected chi connectivity index (χ0v) is 25.2. The fourth-order valence-corrected chi connectivity index (χ4v) is 5.62. The van der Waals surface area contributed by atoms with Gasteiger partial charge >= 0.3 is 6.09 Å².